The summed E-state index contributed by atoms with van der Waals surface area (Å²) < 4.78 is 11.0. The van der Waals surface area contributed by atoms with Crippen molar-refractivity contribution in [1.82, 2.24) is 9.80 Å². The van der Waals surface area contributed by atoms with E-state index in [2.05, 4.69) is 23.1 Å². The molecule has 0 spiro atoms. The highest BCUT2D eigenvalue weighted by Gasteiger charge is 2.31. The highest BCUT2D eigenvalue weighted by atomic mass is 16.5. The molecule has 2 aliphatic heterocycles. The Labute approximate surface area is 166 Å². The molecule has 0 aromatic heterocycles. The van der Waals surface area contributed by atoms with E-state index in [-0.39, 0.29) is 11.8 Å². The van der Waals surface area contributed by atoms with Gasteiger partial charge >= 0.3 is 0 Å². The van der Waals surface area contributed by atoms with Gasteiger partial charge in [-0.25, -0.2) is 0 Å². The molecule has 0 bridgehead atoms. The summed E-state index contributed by atoms with van der Waals surface area (Å²) in [6.45, 7) is 5.00. The Morgan fingerprint density at radius 2 is 1.82 bits per heavy atom. The Morgan fingerprint density at radius 3 is 2.57 bits per heavy atom. The van der Waals surface area contributed by atoms with Crippen LogP contribution < -0.4 is 9.47 Å². The largest absolute Gasteiger partial charge is 0.497 e. The minimum Gasteiger partial charge on any atom is -0.497 e. The summed E-state index contributed by atoms with van der Waals surface area (Å²) >= 11 is 0. The monoisotopic (exact) mass is 380 g/mol. The Balaban J connectivity index is 1.24. The van der Waals surface area contributed by atoms with Crippen molar-refractivity contribution in [2.24, 2.45) is 5.92 Å². The number of hydrogen-bond acceptors (Lipinski definition) is 4. The normalized spacial score (nSPS) is 19.6. The molecule has 0 radical (unpaired) electrons. The SMILES string of the molecule is COc1ccc(CCN2CCN(C(=O)C3COc4ccccc4C3)CC2)cc1. The molecule has 0 N–H and O–H groups in total. The van der Waals surface area contributed by atoms with Crippen molar-refractivity contribution < 1.29 is 14.3 Å². The van der Waals surface area contributed by atoms with Crippen LogP contribution in [-0.4, -0.2) is 62.1 Å². The van der Waals surface area contributed by atoms with E-state index in [4.69, 9.17) is 9.47 Å². The van der Waals surface area contributed by atoms with Gasteiger partial charge in [-0.2, -0.15) is 0 Å². The number of piperazine rings is 1. The number of rotatable bonds is 5. The molecule has 5 heteroatoms. The number of ether oxygens (including phenoxy) is 2. The molecule has 2 aromatic rings. The Kier molecular flexibility index (Phi) is 5.81. The van der Waals surface area contributed by atoms with Gasteiger partial charge in [0.2, 0.25) is 5.91 Å². The maximum atomic E-state index is 12.9. The van der Waals surface area contributed by atoms with Crippen LogP contribution in [0.1, 0.15) is 11.1 Å². The lowest BCUT2D eigenvalue weighted by Gasteiger charge is -2.37. The summed E-state index contributed by atoms with van der Waals surface area (Å²) in [4.78, 5) is 17.4. The van der Waals surface area contributed by atoms with Crippen LogP contribution in [-0.2, 0) is 17.6 Å². The first-order valence-electron chi connectivity index (χ1n) is 10.1. The molecule has 1 saturated heterocycles. The van der Waals surface area contributed by atoms with Crippen LogP contribution in [0.2, 0.25) is 0 Å². The predicted molar refractivity (Wildman–Crippen MR) is 109 cm³/mol. The van der Waals surface area contributed by atoms with Crippen molar-refractivity contribution in [2.45, 2.75) is 12.8 Å². The molecule has 5 nitrogen and oxygen atoms in total. The van der Waals surface area contributed by atoms with Gasteiger partial charge in [-0.1, -0.05) is 30.3 Å². The summed E-state index contributed by atoms with van der Waals surface area (Å²) in [5.74, 6) is 2.00. The number of hydrogen-bond donors (Lipinski definition) is 0. The molecule has 28 heavy (non-hydrogen) atoms. The fraction of sp³-hybridized carbons (Fsp3) is 0.435. The standard InChI is InChI=1S/C23H28N2O3/c1-27-21-8-6-18(7-9-21)10-11-24-12-14-25(15-13-24)23(26)20-16-19-4-2-3-5-22(19)28-17-20/h2-9,20H,10-17H2,1H3. The first-order valence-corrected chi connectivity index (χ1v) is 10.1. The van der Waals surface area contributed by atoms with Crippen LogP contribution in [0.5, 0.6) is 11.5 Å². The molecule has 4 rings (SSSR count). The number of fused-ring (bicyclic) bond motifs is 1. The lowest BCUT2D eigenvalue weighted by Crippen LogP contribution is -2.51. The lowest BCUT2D eigenvalue weighted by atomic mass is 9.95. The summed E-state index contributed by atoms with van der Waals surface area (Å²) in [7, 11) is 1.69. The van der Waals surface area contributed by atoms with E-state index in [0.29, 0.717) is 6.61 Å². The van der Waals surface area contributed by atoms with Crippen molar-refractivity contribution in [3.05, 3.63) is 59.7 Å². The second-order valence-electron chi connectivity index (χ2n) is 7.58. The van der Waals surface area contributed by atoms with E-state index in [1.54, 1.807) is 7.11 Å². The van der Waals surface area contributed by atoms with Crippen LogP contribution in [0, 0.1) is 5.92 Å². The molecule has 2 aliphatic rings. The molecule has 1 atom stereocenters. The molecule has 1 amide bonds. The van der Waals surface area contributed by atoms with E-state index in [1.165, 1.54) is 5.56 Å². The van der Waals surface area contributed by atoms with Crippen LogP contribution in [0.15, 0.2) is 48.5 Å². The Bertz CT molecular complexity index is 798. The fourth-order valence-electron chi connectivity index (χ4n) is 4.02. The quantitative estimate of drug-likeness (QED) is 0.800. The second kappa shape index (κ2) is 8.65. The van der Waals surface area contributed by atoms with Crippen molar-refractivity contribution in [2.75, 3.05) is 46.4 Å². The number of nitrogens with zero attached hydrogens (tertiary/aromatic N) is 2. The van der Waals surface area contributed by atoms with Crippen molar-refractivity contribution in [1.29, 1.82) is 0 Å². The molecule has 0 aliphatic carbocycles. The molecular weight excluding hydrogens is 352 g/mol. The fourth-order valence-corrected chi connectivity index (χ4v) is 4.02. The topological polar surface area (TPSA) is 42.0 Å². The van der Waals surface area contributed by atoms with Crippen molar-refractivity contribution in [3.63, 3.8) is 0 Å². The summed E-state index contributed by atoms with van der Waals surface area (Å²) in [5.41, 5.74) is 2.46. The van der Waals surface area contributed by atoms with Gasteiger partial charge in [0.1, 0.15) is 18.1 Å². The third kappa shape index (κ3) is 4.30. The van der Waals surface area contributed by atoms with E-state index in [9.17, 15) is 4.79 Å². The van der Waals surface area contributed by atoms with Gasteiger partial charge in [-0.15, -0.1) is 0 Å². The smallest absolute Gasteiger partial charge is 0.229 e. The molecule has 2 aromatic carbocycles. The third-order valence-corrected chi connectivity index (χ3v) is 5.79. The third-order valence-electron chi connectivity index (χ3n) is 5.79. The Hall–Kier alpha value is -2.53. The number of methoxy groups -OCH3 is 1. The maximum Gasteiger partial charge on any atom is 0.229 e. The van der Waals surface area contributed by atoms with Crippen LogP contribution in [0.25, 0.3) is 0 Å². The van der Waals surface area contributed by atoms with Gasteiger partial charge < -0.3 is 14.4 Å². The van der Waals surface area contributed by atoms with Gasteiger partial charge in [0.05, 0.1) is 13.0 Å². The minimum atomic E-state index is -0.0549. The predicted octanol–water partition coefficient (Wildman–Crippen LogP) is 2.63. The van der Waals surface area contributed by atoms with Gasteiger partial charge in [-0.05, 0) is 42.2 Å². The number of benzene rings is 2. The molecule has 148 valence electrons. The highest BCUT2D eigenvalue weighted by Crippen LogP contribution is 2.28. The van der Waals surface area contributed by atoms with Gasteiger partial charge in [0.25, 0.3) is 0 Å². The highest BCUT2D eigenvalue weighted by molar-refractivity contribution is 5.80. The van der Waals surface area contributed by atoms with Gasteiger partial charge in [-0.3, -0.25) is 9.69 Å². The molecular formula is C23H28N2O3. The summed E-state index contributed by atoms with van der Waals surface area (Å²) in [5, 5.41) is 0. The molecule has 2 heterocycles. The van der Waals surface area contributed by atoms with E-state index >= 15 is 0 Å². The van der Waals surface area contributed by atoms with Crippen LogP contribution in [0.4, 0.5) is 0 Å². The van der Waals surface area contributed by atoms with Gasteiger partial charge in [0.15, 0.2) is 0 Å². The number of amides is 1. The molecule has 1 fully saturated rings. The number of carbonyl (C=O) groups excluding carboxylic acids is 1. The zero-order valence-corrected chi connectivity index (χ0v) is 16.5. The minimum absolute atomic E-state index is 0.0549. The first-order chi connectivity index (χ1) is 13.7. The van der Waals surface area contributed by atoms with E-state index < -0.39 is 0 Å². The van der Waals surface area contributed by atoms with Crippen molar-refractivity contribution in [3.8, 4) is 11.5 Å². The van der Waals surface area contributed by atoms with Gasteiger partial charge in [0, 0.05) is 32.7 Å². The van der Waals surface area contributed by atoms with E-state index in [1.807, 2.05) is 35.2 Å². The zero-order chi connectivity index (χ0) is 19.3. The lowest BCUT2D eigenvalue weighted by molar-refractivity contribution is -0.138. The summed E-state index contributed by atoms with van der Waals surface area (Å²) in [6, 6.07) is 16.3. The number of carbonyl (C=O) groups is 1. The van der Waals surface area contributed by atoms with Crippen LogP contribution in [0.3, 0.4) is 0 Å². The van der Waals surface area contributed by atoms with Crippen LogP contribution >= 0.6 is 0 Å². The van der Waals surface area contributed by atoms with E-state index in [0.717, 1.165) is 62.6 Å². The average molecular weight is 380 g/mol. The average Bonchev–Trinajstić information content (AvgIpc) is 2.77. The molecule has 1 unspecified atom stereocenters. The first kappa shape index (κ1) is 18.8. The summed E-state index contributed by atoms with van der Waals surface area (Å²) in [6.07, 6.45) is 1.80. The molecule has 0 saturated carbocycles. The Morgan fingerprint density at radius 1 is 1.07 bits per heavy atom. The zero-order valence-electron chi connectivity index (χ0n) is 16.5. The van der Waals surface area contributed by atoms with Crippen molar-refractivity contribution >= 4 is 5.91 Å². The second-order valence-corrected chi connectivity index (χ2v) is 7.58. The number of para-hydroxylation sites is 1. The maximum absolute atomic E-state index is 12.9.